The van der Waals surface area contributed by atoms with Gasteiger partial charge in [-0.2, -0.15) is 0 Å². The summed E-state index contributed by atoms with van der Waals surface area (Å²) in [5.74, 6) is -1.43. The Bertz CT molecular complexity index is 677. The van der Waals surface area contributed by atoms with E-state index in [9.17, 15) is 19.2 Å². The number of rotatable bonds is 7. The highest BCUT2D eigenvalue weighted by Gasteiger charge is 2.27. The van der Waals surface area contributed by atoms with Crippen LogP contribution in [0, 0.1) is 0 Å². The van der Waals surface area contributed by atoms with Crippen molar-refractivity contribution in [1.82, 2.24) is 10.6 Å². The van der Waals surface area contributed by atoms with Gasteiger partial charge in [0.05, 0.1) is 5.75 Å². The number of nitrogens with two attached hydrogens (primary N) is 2. The van der Waals surface area contributed by atoms with Crippen LogP contribution in [0.3, 0.4) is 0 Å². The van der Waals surface area contributed by atoms with Gasteiger partial charge in [-0.3, -0.25) is 24.5 Å². The molecule has 25 heavy (non-hydrogen) atoms. The molecular weight excluding hydrogens is 346 g/mol. The zero-order valence-corrected chi connectivity index (χ0v) is 14.1. The lowest BCUT2D eigenvalue weighted by molar-refractivity contribution is -0.124. The Morgan fingerprint density at radius 2 is 1.88 bits per heavy atom. The molecule has 1 aromatic carbocycles. The van der Waals surface area contributed by atoms with Crippen molar-refractivity contribution in [2.24, 2.45) is 11.5 Å². The second kappa shape index (κ2) is 8.49. The van der Waals surface area contributed by atoms with E-state index in [4.69, 9.17) is 11.5 Å². The molecule has 1 aromatic rings. The maximum atomic E-state index is 12.0. The number of hydrogen-bond donors (Lipinski definition) is 5. The van der Waals surface area contributed by atoms with E-state index in [2.05, 4.69) is 16.0 Å². The maximum Gasteiger partial charge on any atom is 0.248 e. The van der Waals surface area contributed by atoms with Gasteiger partial charge in [0.15, 0.2) is 0 Å². The Kier molecular flexibility index (Phi) is 6.37. The Balaban J connectivity index is 1.81. The molecule has 2 unspecified atom stereocenters. The first kappa shape index (κ1) is 18.7. The fourth-order valence-electron chi connectivity index (χ4n) is 2.28. The number of thioether (sulfide) groups is 1. The number of primary amides is 2. The molecule has 134 valence electrons. The molecule has 2 rings (SSSR count). The van der Waals surface area contributed by atoms with E-state index in [1.807, 2.05) is 0 Å². The first-order valence-electron chi connectivity index (χ1n) is 7.48. The second-order valence-corrected chi connectivity index (χ2v) is 6.58. The molecule has 0 aliphatic carbocycles. The predicted octanol–water partition coefficient (Wildman–Crippen LogP) is -0.906. The van der Waals surface area contributed by atoms with Gasteiger partial charge in [0, 0.05) is 30.1 Å². The van der Waals surface area contributed by atoms with Crippen molar-refractivity contribution in [3.8, 4) is 0 Å². The molecule has 1 saturated heterocycles. The molecule has 7 N–H and O–H groups in total. The van der Waals surface area contributed by atoms with Crippen LogP contribution < -0.4 is 27.4 Å². The average Bonchev–Trinajstić information content (AvgIpc) is 2.52. The molecule has 1 aliphatic heterocycles. The quantitative estimate of drug-likeness (QED) is 0.421. The molecule has 1 aliphatic rings. The van der Waals surface area contributed by atoms with Crippen LogP contribution in [0.4, 0.5) is 5.69 Å². The van der Waals surface area contributed by atoms with Crippen LogP contribution in [0.15, 0.2) is 24.3 Å². The lowest BCUT2D eigenvalue weighted by Gasteiger charge is -2.30. The van der Waals surface area contributed by atoms with Gasteiger partial charge in [-0.1, -0.05) is 0 Å². The lowest BCUT2D eigenvalue weighted by atomic mass is 10.1. The summed E-state index contributed by atoms with van der Waals surface area (Å²) in [6, 6.07) is 5.84. The third-order valence-corrected chi connectivity index (χ3v) is 4.41. The second-order valence-electron chi connectivity index (χ2n) is 5.49. The molecule has 0 saturated carbocycles. The third-order valence-electron chi connectivity index (χ3n) is 3.39. The highest BCUT2D eigenvalue weighted by atomic mass is 32.2. The minimum Gasteiger partial charge on any atom is -0.370 e. The van der Waals surface area contributed by atoms with Gasteiger partial charge in [-0.25, -0.2) is 0 Å². The topological polar surface area (TPSA) is 156 Å². The summed E-state index contributed by atoms with van der Waals surface area (Å²) in [6.07, 6.45) is 0.224. The average molecular weight is 365 g/mol. The fraction of sp³-hybridized carbons (Fsp3) is 0.333. The van der Waals surface area contributed by atoms with E-state index in [0.29, 0.717) is 11.3 Å². The van der Waals surface area contributed by atoms with Crippen molar-refractivity contribution in [1.29, 1.82) is 0 Å². The summed E-state index contributed by atoms with van der Waals surface area (Å²) in [7, 11) is 0. The van der Waals surface area contributed by atoms with Gasteiger partial charge >= 0.3 is 0 Å². The summed E-state index contributed by atoms with van der Waals surface area (Å²) in [5.41, 5.74) is 10.7. The number of carbonyl (C=O) groups is 4. The third kappa shape index (κ3) is 6.08. The minimum atomic E-state index is -0.543. The number of benzene rings is 1. The highest BCUT2D eigenvalue weighted by Crippen LogP contribution is 2.15. The minimum absolute atomic E-state index is 0.0584. The Morgan fingerprint density at radius 1 is 1.20 bits per heavy atom. The normalized spacial score (nSPS) is 19.8. The number of hydrogen-bond acceptors (Lipinski definition) is 6. The van der Waals surface area contributed by atoms with Gasteiger partial charge in [0.2, 0.25) is 23.6 Å². The lowest BCUT2D eigenvalue weighted by Crippen LogP contribution is -2.55. The summed E-state index contributed by atoms with van der Waals surface area (Å²) in [5, 5.41) is 8.42. The summed E-state index contributed by atoms with van der Waals surface area (Å²) < 4.78 is 0. The smallest absolute Gasteiger partial charge is 0.248 e. The van der Waals surface area contributed by atoms with E-state index in [-0.39, 0.29) is 36.5 Å². The van der Waals surface area contributed by atoms with Crippen LogP contribution in [0.5, 0.6) is 0 Å². The fourth-order valence-corrected chi connectivity index (χ4v) is 3.17. The van der Waals surface area contributed by atoms with E-state index >= 15 is 0 Å². The summed E-state index contributed by atoms with van der Waals surface area (Å²) in [4.78, 5) is 45.6. The molecule has 0 aromatic heterocycles. The Morgan fingerprint density at radius 3 is 2.48 bits per heavy atom. The van der Waals surface area contributed by atoms with Crippen LogP contribution in [-0.4, -0.2) is 40.9 Å². The molecule has 0 bridgehead atoms. The Hall–Kier alpha value is -2.59. The van der Waals surface area contributed by atoms with Crippen molar-refractivity contribution in [3.05, 3.63) is 29.8 Å². The first-order valence-corrected chi connectivity index (χ1v) is 8.53. The van der Waals surface area contributed by atoms with E-state index in [1.54, 1.807) is 12.1 Å². The number of carbonyl (C=O) groups excluding carboxylic acids is 4. The largest absolute Gasteiger partial charge is 0.370 e. The Labute approximate surface area is 148 Å². The summed E-state index contributed by atoms with van der Waals surface area (Å²) in [6.45, 7) is 0. The predicted molar refractivity (Wildman–Crippen MR) is 93.3 cm³/mol. The van der Waals surface area contributed by atoms with Crippen molar-refractivity contribution in [3.63, 3.8) is 0 Å². The SMILES string of the molecule is NC(=O)CC1CC(=O)NC(SCC(=O)Nc2ccc(C(N)=O)cc2)N1. The van der Waals surface area contributed by atoms with Crippen LogP contribution in [0.25, 0.3) is 0 Å². The maximum absolute atomic E-state index is 12.0. The zero-order valence-electron chi connectivity index (χ0n) is 13.3. The molecule has 10 heteroatoms. The van der Waals surface area contributed by atoms with Gasteiger partial charge in [0.25, 0.3) is 0 Å². The van der Waals surface area contributed by atoms with E-state index < -0.39 is 17.3 Å². The van der Waals surface area contributed by atoms with E-state index in [0.717, 1.165) is 0 Å². The summed E-state index contributed by atoms with van der Waals surface area (Å²) >= 11 is 1.19. The molecule has 0 spiro atoms. The molecule has 1 fully saturated rings. The number of anilines is 1. The molecular formula is C15H19N5O4S. The van der Waals surface area contributed by atoms with Gasteiger partial charge < -0.3 is 22.1 Å². The van der Waals surface area contributed by atoms with E-state index in [1.165, 1.54) is 23.9 Å². The molecule has 1 heterocycles. The molecule has 4 amide bonds. The van der Waals surface area contributed by atoms with Gasteiger partial charge in [0.1, 0.15) is 5.50 Å². The monoisotopic (exact) mass is 365 g/mol. The highest BCUT2D eigenvalue weighted by molar-refractivity contribution is 8.00. The van der Waals surface area contributed by atoms with Crippen LogP contribution in [0.2, 0.25) is 0 Å². The molecule has 0 radical (unpaired) electrons. The van der Waals surface area contributed by atoms with Crippen molar-refractivity contribution < 1.29 is 19.2 Å². The standard InChI is InChI=1S/C15H19N5O4S/c16-11(21)5-10-6-12(22)20-15(19-10)25-7-13(23)18-9-3-1-8(2-4-9)14(17)24/h1-4,10,15,19H,5-7H2,(H2,16,21)(H2,17,24)(H,18,23)(H,20,22). The zero-order chi connectivity index (χ0) is 18.4. The van der Waals surface area contributed by atoms with Crippen LogP contribution >= 0.6 is 11.8 Å². The van der Waals surface area contributed by atoms with Crippen molar-refractivity contribution >= 4 is 41.1 Å². The van der Waals surface area contributed by atoms with Gasteiger partial charge in [-0.05, 0) is 24.3 Å². The first-order chi connectivity index (χ1) is 11.8. The van der Waals surface area contributed by atoms with Crippen molar-refractivity contribution in [2.75, 3.05) is 11.1 Å². The van der Waals surface area contributed by atoms with Crippen molar-refractivity contribution in [2.45, 2.75) is 24.4 Å². The molecule has 2 atom stereocenters. The number of amides is 4. The number of nitrogens with one attached hydrogen (secondary N) is 3. The van der Waals surface area contributed by atoms with Crippen LogP contribution in [-0.2, 0) is 14.4 Å². The molecule has 9 nitrogen and oxygen atoms in total. The van der Waals surface area contributed by atoms with Crippen LogP contribution in [0.1, 0.15) is 23.2 Å². The van der Waals surface area contributed by atoms with Gasteiger partial charge in [-0.15, -0.1) is 11.8 Å².